The molecule has 0 aliphatic rings. The third kappa shape index (κ3) is 1.40. The summed E-state index contributed by atoms with van der Waals surface area (Å²) in [5.41, 5.74) is 3.25. The third-order valence-electron chi connectivity index (χ3n) is 2.48. The molecule has 2 nitrogen and oxygen atoms in total. The van der Waals surface area contributed by atoms with Crippen LogP contribution in [0.1, 0.15) is 0 Å². The van der Waals surface area contributed by atoms with E-state index in [-0.39, 0.29) is 0 Å². The quantitative estimate of drug-likeness (QED) is 0.633. The van der Waals surface area contributed by atoms with Crippen LogP contribution in [0.2, 0.25) is 0 Å². The molecule has 2 aromatic heterocycles. The second-order valence-corrected chi connectivity index (χ2v) is 3.49. The van der Waals surface area contributed by atoms with Crippen LogP contribution in [0.15, 0.2) is 54.7 Å². The first kappa shape index (κ1) is 8.24. The van der Waals surface area contributed by atoms with Gasteiger partial charge in [0, 0.05) is 17.3 Å². The van der Waals surface area contributed by atoms with E-state index in [0.717, 1.165) is 16.7 Å². The van der Waals surface area contributed by atoms with Crippen LogP contribution in [-0.2, 0) is 0 Å². The largest absolute Gasteiger partial charge is 0.339 e. The van der Waals surface area contributed by atoms with Crippen molar-refractivity contribution in [3.05, 3.63) is 54.7 Å². The molecule has 1 N–H and O–H groups in total. The highest BCUT2D eigenvalue weighted by molar-refractivity contribution is 5.82. The van der Waals surface area contributed by atoms with Gasteiger partial charge in [-0.1, -0.05) is 30.3 Å². The van der Waals surface area contributed by atoms with Gasteiger partial charge in [0.1, 0.15) is 5.65 Å². The van der Waals surface area contributed by atoms with Crippen LogP contribution >= 0.6 is 0 Å². The van der Waals surface area contributed by atoms with Gasteiger partial charge in [-0.3, -0.25) is 0 Å². The lowest BCUT2D eigenvalue weighted by Gasteiger charge is -1.94. The van der Waals surface area contributed by atoms with E-state index in [4.69, 9.17) is 0 Å². The summed E-state index contributed by atoms with van der Waals surface area (Å²) in [6.45, 7) is 0. The summed E-state index contributed by atoms with van der Waals surface area (Å²) in [7, 11) is 0. The number of rotatable bonds is 1. The van der Waals surface area contributed by atoms with Gasteiger partial charge in [-0.2, -0.15) is 0 Å². The average molecular weight is 194 g/mol. The highest BCUT2D eigenvalue weighted by Gasteiger charge is 2.01. The maximum absolute atomic E-state index is 4.27. The van der Waals surface area contributed by atoms with Crippen LogP contribution in [-0.4, -0.2) is 9.97 Å². The Kier molecular flexibility index (Phi) is 1.78. The summed E-state index contributed by atoms with van der Waals surface area (Å²) < 4.78 is 0. The van der Waals surface area contributed by atoms with E-state index in [0.29, 0.717) is 0 Å². The molecule has 1 aromatic carbocycles. The van der Waals surface area contributed by atoms with E-state index in [9.17, 15) is 0 Å². The van der Waals surface area contributed by atoms with Gasteiger partial charge in [0.25, 0.3) is 0 Å². The zero-order chi connectivity index (χ0) is 10.1. The topological polar surface area (TPSA) is 28.7 Å². The van der Waals surface area contributed by atoms with Gasteiger partial charge in [0.2, 0.25) is 0 Å². The summed E-state index contributed by atoms with van der Waals surface area (Å²) in [6, 6.07) is 16.4. The SMILES string of the molecule is c1ccc(-c2cc3cccnc3[nH]2)cc1. The number of nitrogens with one attached hydrogen (secondary N) is 1. The maximum atomic E-state index is 4.27. The van der Waals surface area contributed by atoms with Crippen molar-refractivity contribution in [1.82, 2.24) is 9.97 Å². The molecule has 0 aliphatic heterocycles. The Bertz CT molecular complexity index is 549. The van der Waals surface area contributed by atoms with Crippen molar-refractivity contribution in [3.63, 3.8) is 0 Å². The van der Waals surface area contributed by atoms with Gasteiger partial charge in [0.05, 0.1) is 0 Å². The van der Waals surface area contributed by atoms with Gasteiger partial charge in [-0.05, 0) is 23.8 Å². The van der Waals surface area contributed by atoms with E-state index < -0.39 is 0 Å². The van der Waals surface area contributed by atoms with Gasteiger partial charge in [0.15, 0.2) is 0 Å². The summed E-state index contributed by atoms with van der Waals surface area (Å²) in [5, 5.41) is 1.15. The minimum absolute atomic E-state index is 0.941. The molecular weight excluding hydrogens is 184 g/mol. The highest BCUT2D eigenvalue weighted by atomic mass is 14.8. The lowest BCUT2D eigenvalue weighted by Crippen LogP contribution is -1.76. The van der Waals surface area contributed by atoms with Crippen molar-refractivity contribution < 1.29 is 0 Å². The smallest absolute Gasteiger partial charge is 0.137 e. The number of hydrogen-bond acceptors (Lipinski definition) is 1. The lowest BCUT2D eigenvalue weighted by atomic mass is 10.1. The van der Waals surface area contributed by atoms with E-state index in [2.05, 4.69) is 34.2 Å². The van der Waals surface area contributed by atoms with Crippen LogP contribution in [0.3, 0.4) is 0 Å². The number of pyridine rings is 1. The average Bonchev–Trinajstić information content (AvgIpc) is 2.74. The first-order chi connectivity index (χ1) is 7.43. The minimum Gasteiger partial charge on any atom is -0.339 e. The molecule has 3 rings (SSSR count). The lowest BCUT2D eigenvalue weighted by molar-refractivity contribution is 1.32. The van der Waals surface area contributed by atoms with Crippen molar-refractivity contribution in [2.75, 3.05) is 0 Å². The monoisotopic (exact) mass is 194 g/mol. The zero-order valence-corrected chi connectivity index (χ0v) is 8.14. The van der Waals surface area contributed by atoms with Crippen LogP contribution in [0, 0.1) is 0 Å². The Morgan fingerprint density at radius 1 is 0.933 bits per heavy atom. The molecule has 0 unspecified atom stereocenters. The normalized spacial score (nSPS) is 10.7. The predicted molar refractivity (Wildman–Crippen MR) is 61.5 cm³/mol. The second-order valence-electron chi connectivity index (χ2n) is 3.49. The molecule has 0 bridgehead atoms. The Balaban J connectivity index is 2.21. The van der Waals surface area contributed by atoms with Gasteiger partial charge in [-0.25, -0.2) is 4.98 Å². The number of H-pyrrole nitrogens is 1. The molecule has 0 radical (unpaired) electrons. The highest BCUT2D eigenvalue weighted by Crippen LogP contribution is 2.22. The van der Waals surface area contributed by atoms with Crippen molar-refractivity contribution in [2.24, 2.45) is 0 Å². The first-order valence-electron chi connectivity index (χ1n) is 4.93. The number of benzene rings is 1. The molecule has 0 saturated carbocycles. The maximum Gasteiger partial charge on any atom is 0.137 e. The summed E-state index contributed by atoms with van der Waals surface area (Å²) in [4.78, 5) is 7.57. The summed E-state index contributed by atoms with van der Waals surface area (Å²) >= 11 is 0. The van der Waals surface area contributed by atoms with Crippen molar-refractivity contribution in [2.45, 2.75) is 0 Å². The molecular formula is C13H10N2. The summed E-state index contributed by atoms with van der Waals surface area (Å²) in [6.07, 6.45) is 1.80. The molecule has 2 heterocycles. The summed E-state index contributed by atoms with van der Waals surface area (Å²) in [5.74, 6) is 0. The van der Waals surface area contributed by atoms with E-state index in [1.807, 2.05) is 24.3 Å². The molecule has 0 aliphatic carbocycles. The minimum atomic E-state index is 0.941. The van der Waals surface area contributed by atoms with Crippen LogP contribution in [0.4, 0.5) is 0 Å². The van der Waals surface area contributed by atoms with Crippen molar-refractivity contribution in [1.29, 1.82) is 0 Å². The molecule has 0 amide bonds. The van der Waals surface area contributed by atoms with E-state index in [1.54, 1.807) is 6.20 Å². The zero-order valence-electron chi connectivity index (χ0n) is 8.14. The van der Waals surface area contributed by atoms with Gasteiger partial charge < -0.3 is 4.98 Å². The third-order valence-corrected chi connectivity index (χ3v) is 2.48. The van der Waals surface area contributed by atoms with Gasteiger partial charge >= 0.3 is 0 Å². The number of hydrogen-bond donors (Lipinski definition) is 1. The molecule has 0 saturated heterocycles. The molecule has 72 valence electrons. The standard InChI is InChI=1S/C13H10N2/c1-2-5-10(6-3-1)12-9-11-7-4-8-14-13(11)15-12/h1-9H,(H,14,15). The van der Waals surface area contributed by atoms with Crippen LogP contribution in [0.5, 0.6) is 0 Å². The van der Waals surface area contributed by atoms with Gasteiger partial charge in [-0.15, -0.1) is 0 Å². The predicted octanol–water partition coefficient (Wildman–Crippen LogP) is 3.23. The number of aromatic nitrogens is 2. The first-order valence-corrected chi connectivity index (χ1v) is 4.93. The molecule has 0 fully saturated rings. The molecule has 0 atom stereocenters. The fourth-order valence-corrected chi connectivity index (χ4v) is 1.73. The van der Waals surface area contributed by atoms with Crippen molar-refractivity contribution in [3.8, 4) is 11.3 Å². The number of aromatic amines is 1. The number of nitrogens with zero attached hydrogens (tertiary/aromatic N) is 1. The number of fused-ring (bicyclic) bond motifs is 1. The van der Waals surface area contributed by atoms with E-state index >= 15 is 0 Å². The Labute approximate surface area is 87.6 Å². The Morgan fingerprint density at radius 2 is 1.80 bits per heavy atom. The molecule has 0 spiro atoms. The van der Waals surface area contributed by atoms with E-state index in [1.165, 1.54) is 5.56 Å². The Hall–Kier alpha value is -2.09. The Morgan fingerprint density at radius 3 is 2.60 bits per heavy atom. The fraction of sp³-hybridized carbons (Fsp3) is 0. The van der Waals surface area contributed by atoms with Crippen molar-refractivity contribution >= 4 is 11.0 Å². The second kappa shape index (κ2) is 3.24. The fourth-order valence-electron chi connectivity index (χ4n) is 1.73. The molecule has 15 heavy (non-hydrogen) atoms. The van der Waals surface area contributed by atoms with Crippen LogP contribution in [0.25, 0.3) is 22.3 Å². The molecule has 2 heteroatoms. The molecule has 3 aromatic rings. The van der Waals surface area contributed by atoms with Crippen LogP contribution < -0.4 is 0 Å².